The zero-order valence-electron chi connectivity index (χ0n) is 14.0. The minimum absolute atomic E-state index is 0.0818. The summed E-state index contributed by atoms with van der Waals surface area (Å²) >= 11 is 0. The van der Waals surface area contributed by atoms with Crippen LogP contribution in [0.2, 0.25) is 0 Å². The molecule has 122 valence electrons. The van der Waals surface area contributed by atoms with E-state index in [1.165, 1.54) is 5.56 Å². The van der Waals surface area contributed by atoms with E-state index in [0.717, 1.165) is 37.9 Å². The molecule has 0 aliphatic carbocycles. The molecule has 0 spiro atoms. The van der Waals surface area contributed by atoms with Crippen molar-refractivity contribution in [1.29, 1.82) is 0 Å². The van der Waals surface area contributed by atoms with Gasteiger partial charge in [0, 0.05) is 6.61 Å². The van der Waals surface area contributed by atoms with Gasteiger partial charge in [-0.25, -0.2) is 0 Å². The summed E-state index contributed by atoms with van der Waals surface area (Å²) in [5, 5.41) is 0. The molecule has 2 unspecified atom stereocenters. The Morgan fingerprint density at radius 1 is 1.23 bits per heavy atom. The molecule has 0 aromatic heterocycles. The fourth-order valence-electron chi connectivity index (χ4n) is 2.79. The van der Waals surface area contributed by atoms with Crippen molar-refractivity contribution in [2.75, 3.05) is 13.2 Å². The first-order valence-corrected chi connectivity index (χ1v) is 8.43. The van der Waals surface area contributed by atoms with E-state index >= 15 is 0 Å². The van der Waals surface area contributed by atoms with Crippen LogP contribution in [0, 0.1) is 5.92 Å². The van der Waals surface area contributed by atoms with Crippen LogP contribution in [0.1, 0.15) is 57.1 Å². The highest BCUT2D eigenvalue weighted by atomic mass is 16.6. The molecule has 1 aromatic rings. The number of carbonyl (C=O) groups is 1. The van der Waals surface area contributed by atoms with Gasteiger partial charge in [-0.3, -0.25) is 4.79 Å². The quantitative estimate of drug-likeness (QED) is 0.742. The van der Waals surface area contributed by atoms with Crippen LogP contribution in [0.4, 0.5) is 0 Å². The van der Waals surface area contributed by atoms with Gasteiger partial charge in [0.2, 0.25) is 0 Å². The van der Waals surface area contributed by atoms with Gasteiger partial charge in [0.1, 0.15) is 6.61 Å². The lowest BCUT2D eigenvalue weighted by molar-refractivity contribution is -0.150. The number of ether oxygens (including phenoxy) is 2. The molecule has 0 radical (unpaired) electrons. The molecule has 1 aliphatic rings. The normalized spacial score (nSPS) is 19.9. The minimum Gasteiger partial charge on any atom is -0.462 e. The zero-order valence-corrected chi connectivity index (χ0v) is 14.0. The summed E-state index contributed by atoms with van der Waals surface area (Å²) in [6, 6.07) is 8.31. The van der Waals surface area contributed by atoms with E-state index < -0.39 is 0 Å². The number of benzene rings is 1. The van der Waals surface area contributed by atoms with Crippen LogP contribution >= 0.6 is 0 Å². The molecule has 0 saturated carbocycles. The molecular formula is C19H28O3. The Morgan fingerprint density at radius 3 is 2.55 bits per heavy atom. The molecule has 1 saturated heterocycles. The third kappa shape index (κ3) is 5.13. The van der Waals surface area contributed by atoms with Crippen molar-refractivity contribution in [3.63, 3.8) is 0 Å². The van der Waals surface area contributed by atoms with Crippen molar-refractivity contribution in [1.82, 2.24) is 0 Å². The molecule has 2 atom stereocenters. The van der Waals surface area contributed by atoms with E-state index in [4.69, 9.17) is 9.47 Å². The largest absolute Gasteiger partial charge is 0.462 e. The van der Waals surface area contributed by atoms with Crippen molar-refractivity contribution in [2.24, 2.45) is 5.92 Å². The van der Waals surface area contributed by atoms with Crippen LogP contribution < -0.4 is 0 Å². The maximum absolute atomic E-state index is 12.2. The lowest BCUT2D eigenvalue weighted by Gasteiger charge is -2.23. The fourth-order valence-corrected chi connectivity index (χ4v) is 2.79. The second-order valence-electron chi connectivity index (χ2n) is 6.68. The van der Waals surface area contributed by atoms with E-state index in [0.29, 0.717) is 12.5 Å². The standard InChI is InChI=1S/C19H28O3/c1-14(2)12-16-7-9-17(10-8-16)15(3)19(20)22-13-18-6-4-5-11-21-18/h7-10,14-15,18H,4-6,11-13H2,1-3H3. The molecular weight excluding hydrogens is 276 g/mol. The van der Waals surface area contributed by atoms with E-state index in [2.05, 4.69) is 26.0 Å². The van der Waals surface area contributed by atoms with Gasteiger partial charge in [-0.2, -0.15) is 0 Å². The second-order valence-corrected chi connectivity index (χ2v) is 6.68. The number of hydrogen-bond donors (Lipinski definition) is 0. The van der Waals surface area contributed by atoms with Gasteiger partial charge in [-0.15, -0.1) is 0 Å². The van der Waals surface area contributed by atoms with E-state index in [1.54, 1.807) is 0 Å². The van der Waals surface area contributed by atoms with Crippen LogP contribution in [-0.4, -0.2) is 25.3 Å². The maximum atomic E-state index is 12.2. The number of rotatable bonds is 6. The summed E-state index contributed by atoms with van der Waals surface area (Å²) in [7, 11) is 0. The Kier molecular flexibility index (Phi) is 6.44. The van der Waals surface area contributed by atoms with E-state index in [1.807, 2.05) is 19.1 Å². The average Bonchev–Trinajstić information content (AvgIpc) is 2.53. The van der Waals surface area contributed by atoms with Crippen molar-refractivity contribution in [3.8, 4) is 0 Å². The number of hydrogen-bond acceptors (Lipinski definition) is 3. The minimum atomic E-state index is -0.225. The highest BCUT2D eigenvalue weighted by Gasteiger charge is 2.20. The van der Waals surface area contributed by atoms with E-state index in [-0.39, 0.29) is 18.0 Å². The first-order chi connectivity index (χ1) is 10.6. The molecule has 0 N–H and O–H groups in total. The zero-order chi connectivity index (χ0) is 15.9. The fraction of sp³-hybridized carbons (Fsp3) is 0.632. The molecule has 1 aromatic carbocycles. The smallest absolute Gasteiger partial charge is 0.313 e. The molecule has 22 heavy (non-hydrogen) atoms. The summed E-state index contributed by atoms with van der Waals surface area (Å²) in [6.45, 7) is 7.49. The molecule has 0 amide bonds. The molecule has 0 bridgehead atoms. The van der Waals surface area contributed by atoms with Crippen LogP contribution in [0.15, 0.2) is 24.3 Å². The Bertz CT molecular complexity index is 458. The first-order valence-electron chi connectivity index (χ1n) is 8.43. The van der Waals surface area contributed by atoms with Gasteiger partial charge < -0.3 is 9.47 Å². The Labute approximate surface area is 134 Å². The molecule has 2 rings (SSSR count). The lowest BCUT2D eigenvalue weighted by atomic mass is 9.97. The summed E-state index contributed by atoms with van der Waals surface area (Å²) < 4.78 is 11.0. The Morgan fingerprint density at radius 2 is 1.95 bits per heavy atom. The number of carbonyl (C=O) groups excluding carboxylic acids is 1. The molecule has 1 fully saturated rings. The van der Waals surface area contributed by atoms with Crippen molar-refractivity contribution in [2.45, 2.75) is 58.5 Å². The highest BCUT2D eigenvalue weighted by Crippen LogP contribution is 2.20. The van der Waals surface area contributed by atoms with Gasteiger partial charge >= 0.3 is 5.97 Å². The van der Waals surface area contributed by atoms with Crippen LogP contribution in [0.5, 0.6) is 0 Å². The highest BCUT2D eigenvalue weighted by molar-refractivity contribution is 5.77. The second kappa shape index (κ2) is 8.33. The third-order valence-electron chi connectivity index (χ3n) is 4.16. The van der Waals surface area contributed by atoms with Crippen LogP contribution in [-0.2, 0) is 20.7 Å². The summed E-state index contributed by atoms with van der Waals surface area (Å²) in [4.78, 5) is 12.2. The number of esters is 1. The Hall–Kier alpha value is -1.35. The average molecular weight is 304 g/mol. The Balaban J connectivity index is 1.84. The van der Waals surface area contributed by atoms with Crippen LogP contribution in [0.25, 0.3) is 0 Å². The lowest BCUT2D eigenvalue weighted by Crippen LogP contribution is -2.27. The molecule has 1 heterocycles. The predicted molar refractivity (Wildman–Crippen MR) is 87.9 cm³/mol. The van der Waals surface area contributed by atoms with Crippen molar-refractivity contribution in [3.05, 3.63) is 35.4 Å². The molecule has 1 aliphatic heterocycles. The topological polar surface area (TPSA) is 35.5 Å². The summed E-state index contributed by atoms with van der Waals surface area (Å²) in [6.07, 6.45) is 4.42. The van der Waals surface area contributed by atoms with Crippen LogP contribution in [0.3, 0.4) is 0 Å². The first kappa shape index (κ1) is 17.0. The van der Waals surface area contributed by atoms with E-state index in [9.17, 15) is 4.79 Å². The van der Waals surface area contributed by atoms with Gasteiger partial charge in [0.25, 0.3) is 0 Å². The predicted octanol–water partition coefficient (Wildman–Crippen LogP) is 4.10. The summed E-state index contributed by atoms with van der Waals surface area (Å²) in [5.41, 5.74) is 2.33. The monoisotopic (exact) mass is 304 g/mol. The van der Waals surface area contributed by atoms with Gasteiger partial charge in [0.05, 0.1) is 12.0 Å². The maximum Gasteiger partial charge on any atom is 0.313 e. The van der Waals surface area contributed by atoms with Gasteiger partial charge in [-0.1, -0.05) is 38.1 Å². The SMILES string of the molecule is CC(C)Cc1ccc(C(C)C(=O)OCC2CCCCO2)cc1. The van der Waals surface area contributed by atoms with Crippen molar-refractivity contribution < 1.29 is 14.3 Å². The van der Waals surface area contributed by atoms with Crippen molar-refractivity contribution >= 4 is 5.97 Å². The van der Waals surface area contributed by atoms with Gasteiger partial charge in [-0.05, 0) is 49.7 Å². The van der Waals surface area contributed by atoms with Gasteiger partial charge in [0.15, 0.2) is 0 Å². The summed E-state index contributed by atoms with van der Waals surface area (Å²) in [5.74, 6) is 0.256. The third-order valence-corrected chi connectivity index (χ3v) is 4.16. The molecule has 3 nitrogen and oxygen atoms in total. The molecule has 3 heteroatoms.